The summed E-state index contributed by atoms with van der Waals surface area (Å²) in [6.45, 7) is 5.68. The second kappa shape index (κ2) is 11.8. The third kappa shape index (κ3) is 6.88. The molecular formula is C24H26N4O4S2. The van der Waals surface area contributed by atoms with E-state index in [9.17, 15) is 14.4 Å². The Morgan fingerprint density at radius 3 is 2.26 bits per heavy atom. The number of methoxy groups -OCH3 is 1. The summed E-state index contributed by atoms with van der Waals surface area (Å²) in [5.74, 6) is -0.518. The predicted octanol–water partition coefficient (Wildman–Crippen LogP) is 4.32. The van der Waals surface area contributed by atoms with Crippen molar-refractivity contribution in [3.05, 3.63) is 70.8 Å². The number of ether oxygens (including phenoxy) is 1. The monoisotopic (exact) mass is 498 g/mol. The van der Waals surface area contributed by atoms with Gasteiger partial charge in [0.05, 0.1) is 12.7 Å². The van der Waals surface area contributed by atoms with Crippen LogP contribution < -0.4 is 10.6 Å². The highest BCUT2D eigenvalue weighted by Gasteiger charge is 2.25. The molecule has 0 aliphatic heterocycles. The molecule has 2 N–H and O–H groups in total. The molecule has 0 radical (unpaired) electrons. The lowest BCUT2D eigenvalue weighted by Crippen LogP contribution is -2.47. The fraction of sp³-hybridized carbons (Fsp3) is 0.292. The lowest BCUT2D eigenvalue weighted by Gasteiger charge is -2.21. The molecule has 3 rings (SSSR count). The summed E-state index contributed by atoms with van der Waals surface area (Å²) in [7, 11) is 1.35. The molecule has 3 aromatic rings. The van der Waals surface area contributed by atoms with Crippen molar-refractivity contribution >= 4 is 46.0 Å². The zero-order valence-corrected chi connectivity index (χ0v) is 21.0. The Labute approximate surface area is 206 Å². The molecular weight excluding hydrogens is 472 g/mol. The first-order valence-electron chi connectivity index (χ1n) is 10.6. The SMILES string of the molecule is COC(=O)c1ccc(CSc2nnc(NC(=O)C(NC(=O)c3ccc(C)cc3)C(C)C)s2)cc1. The normalized spacial score (nSPS) is 11.7. The van der Waals surface area contributed by atoms with Gasteiger partial charge in [-0.1, -0.05) is 66.8 Å². The van der Waals surface area contributed by atoms with Gasteiger partial charge in [-0.05, 0) is 42.7 Å². The van der Waals surface area contributed by atoms with Crippen molar-refractivity contribution in [2.24, 2.45) is 5.92 Å². The van der Waals surface area contributed by atoms with Crippen LogP contribution >= 0.6 is 23.1 Å². The molecule has 178 valence electrons. The van der Waals surface area contributed by atoms with Crippen LogP contribution in [0.15, 0.2) is 52.9 Å². The highest BCUT2D eigenvalue weighted by molar-refractivity contribution is 8.00. The molecule has 8 nitrogen and oxygen atoms in total. The average molecular weight is 499 g/mol. The largest absolute Gasteiger partial charge is 0.465 e. The molecule has 2 amide bonds. The van der Waals surface area contributed by atoms with E-state index in [0.29, 0.717) is 26.4 Å². The highest BCUT2D eigenvalue weighted by atomic mass is 32.2. The van der Waals surface area contributed by atoms with Gasteiger partial charge in [0.15, 0.2) is 4.34 Å². The van der Waals surface area contributed by atoms with E-state index in [-0.39, 0.29) is 23.7 Å². The van der Waals surface area contributed by atoms with Crippen LogP contribution in [-0.2, 0) is 15.3 Å². The second-order valence-electron chi connectivity index (χ2n) is 7.90. The smallest absolute Gasteiger partial charge is 0.337 e. The minimum absolute atomic E-state index is 0.121. The van der Waals surface area contributed by atoms with Crippen LogP contribution in [0.25, 0.3) is 0 Å². The van der Waals surface area contributed by atoms with Crippen molar-refractivity contribution in [3.8, 4) is 0 Å². The number of aryl methyl sites for hydroxylation is 1. The minimum Gasteiger partial charge on any atom is -0.465 e. The van der Waals surface area contributed by atoms with Gasteiger partial charge < -0.3 is 10.1 Å². The van der Waals surface area contributed by atoms with Crippen LogP contribution in [-0.4, -0.2) is 41.1 Å². The fourth-order valence-corrected chi connectivity index (χ4v) is 4.68. The van der Waals surface area contributed by atoms with Crippen molar-refractivity contribution in [3.63, 3.8) is 0 Å². The van der Waals surface area contributed by atoms with Crippen molar-refractivity contribution in [1.82, 2.24) is 15.5 Å². The zero-order valence-electron chi connectivity index (χ0n) is 19.3. The molecule has 34 heavy (non-hydrogen) atoms. The number of hydrogen-bond acceptors (Lipinski definition) is 8. The quantitative estimate of drug-likeness (QED) is 0.257. The van der Waals surface area contributed by atoms with Crippen LogP contribution in [0.1, 0.15) is 45.7 Å². The Balaban J connectivity index is 1.56. The first-order valence-corrected chi connectivity index (χ1v) is 12.4. The molecule has 1 atom stereocenters. The van der Waals surface area contributed by atoms with Crippen LogP contribution in [0.5, 0.6) is 0 Å². The number of aromatic nitrogens is 2. The third-order valence-corrected chi connectivity index (χ3v) is 6.97. The Morgan fingerprint density at radius 2 is 1.65 bits per heavy atom. The summed E-state index contributed by atoms with van der Waals surface area (Å²) < 4.78 is 5.39. The Morgan fingerprint density at radius 1 is 1.00 bits per heavy atom. The number of carbonyl (C=O) groups is 3. The van der Waals surface area contributed by atoms with E-state index in [1.54, 1.807) is 24.3 Å². The van der Waals surface area contributed by atoms with Crippen LogP contribution in [0.3, 0.4) is 0 Å². The number of thioether (sulfide) groups is 1. The zero-order chi connectivity index (χ0) is 24.7. The number of rotatable bonds is 9. The van der Waals surface area contributed by atoms with E-state index in [2.05, 4.69) is 20.8 Å². The molecule has 0 aliphatic carbocycles. The molecule has 1 unspecified atom stereocenters. The molecule has 1 aromatic heterocycles. The number of nitrogens with one attached hydrogen (secondary N) is 2. The number of hydrogen-bond donors (Lipinski definition) is 2. The Kier molecular flexibility index (Phi) is 8.78. The summed E-state index contributed by atoms with van der Waals surface area (Å²) in [6, 6.07) is 13.6. The van der Waals surface area contributed by atoms with E-state index >= 15 is 0 Å². The molecule has 1 heterocycles. The number of benzene rings is 2. The van der Waals surface area contributed by atoms with Crippen LogP contribution in [0, 0.1) is 12.8 Å². The number of esters is 1. The lowest BCUT2D eigenvalue weighted by atomic mass is 10.0. The molecule has 2 aromatic carbocycles. The Bertz CT molecular complexity index is 1140. The van der Waals surface area contributed by atoms with Crippen molar-refractivity contribution in [2.75, 3.05) is 12.4 Å². The topological polar surface area (TPSA) is 110 Å². The van der Waals surface area contributed by atoms with Gasteiger partial charge in [-0.15, -0.1) is 10.2 Å². The van der Waals surface area contributed by atoms with Gasteiger partial charge in [0.1, 0.15) is 6.04 Å². The maximum Gasteiger partial charge on any atom is 0.337 e. The average Bonchev–Trinajstić information content (AvgIpc) is 3.28. The highest BCUT2D eigenvalue weighted by Crippen LogP contribution is 2.28. The Hall–Kier alpha value is -3.24. The van der Waals surface area contributed by atoms with Crippen LogP contribution in [0.4, 0.5) is 5.13 Å². The molecule has 0 aliphatic rings. The summed E-state index contributed by atoms with van der Waals surface area (Å²) in [4.78, 5) is 37.0. The molecule has 10 heteroatoms. The van der Waals surface area contributed by atoms with Gasteiger partial charge in [0, 0.05) is 11.3 Å². The molecule has 0 spiro atoms. The lowest BCUT2D eigenvalue weighted by molar-refractivity contribution is -0.118. The van der Waals surface area contributed by atoms with Gasteiger partial charge in [-0.3, -0.25) is 14.9 Å². The van der Waals surface area contributed by atoms with Crippen LogP contribution in [0.2, 0.25) is 0 Å². The summed E-state index contributed by atoms with van der Waals surface area (Å²) in [6.07, 6.45) is 0. The summed E-state index contributed by atoms with van der Waals surface area (Å²) >= 11 is 2.73. The molecule has 0 fully saturated rings. The number of nitrogens with zero attached hydrogens (tertiary/aromatic N) is 2. The van der Waals surface area contributed by atoms with Gasteiger partial charge in [0.25, 0.3) is 5.91 Å². The van der Waals surface area contributed by atoms with Gasteiger partial charge in [-0.2, -0.15) is 0 Å². The molecule has 0 saturated carbocycles. The van der Waals surface area contributed by atoms with Crippen molar-refractivity contribution < 1.29 is 19.1 Å². The van der Waals surface area contributed by atoms with E-state index in [1.165, 1.54) is 30.2 Å². The number of carbonyl (C=O) groups excluding carboxylic acids is 3. The minimum atomic E-state index is -0.720. The maximum absolute atomic E-state index is 12.8. The third-order valence-electron chi connectivity index (χ3n) is 4.92. The van der Waals surface area contributed by atoms with E-state index < -0.39 is 6.04 Å². The van der Waals surface area contributed by atoms with Gasteiger partial charge in [-0.25, -0.2) is 4.79 Å². The van der Waals surface area contributed by atoms with Gasteiger partial charge in [0.2, 0.25) is 11.0 Å². The number of anilines is 1. The fourth-order valence-electron chi connectivity index (χ4n) is 2.97. The first-order chi connectivity index (χ1) is 16.3. The van der Waals surface area contributed by atoms with Crippen molar-refractivity contribution in [2.45, 2.75) is 36.9 Å². The number of amides is 2. The predicted molar refractivity (Wildman–Crippen MR) is 133 cm³/mol. The second-order valence-corrected chi connectivity index (χ2v) is 10.1. The first kappa shape index (κ1) is 25.4. The van der Waals surface area contributed by atoms with E-state index in [0.717, 1.165) is 11.1 Å². The summed E-state index contributed by atoms with van der Waals surface area (Å²) in [5.41, 5.74) is 3.06. The molecule has 0 saturated heterocycles. The van der Waals surface area contributed by atoms with E-state index in [1.807, 2.05) is 45.0 Å². The van der Waals surface area contributed by atoms with E-state index in [4.69, 9.17) is 4.74 Å². The molecule has 0 bridgehead atoms. The van der Waals surface area contributed by atoms with Gasteiger partial charge >= 0.3 is 5.97 Å². The summed E-state index contributed by atoms with van der Waals surface area (Å²) in [5, 5.41) is 14.1. The standard InChI is InChI=1S/C24H26N4O4S2/c1-14(2)19(25-20(29)17-9-5-15(3)6-10-17)21(30)26-23-27-28-24(34-23)33-13-16-7-11-18(12-8-16)22(31)32-4/h5-12,14,19H,13H2,1-4H3,(H,25,29)(H,26,27,30). The maximum atomic E-state index is 12.8. The van der Waals surface area contributed by atoms with Crippen molar-refractivity contribution in [1.29, 1.82) is 0 Å².